The number of hydrogen-bond acceptors (Lipinski definition) is 3. The first-order valence-electron chi connectivity index (χ1n) is 5.13. The number of rotatable bonds is 5. The van der Waals surface area contributed by atoms with Crippen LogP contribution in [0.3, 0.4) is 0 Å². The standard InChI is InChI=1S/C11H18N2O2/c1-8-5-7-15-11(8)9(2)13-6-4-10(14)12-3/h5,7,9,13H,4,6H2,1-3H3,(H,12,14). The van der Waals surface area contributed by atoms with Crippen LogP contribution in [0, 0.1) is 6.92 Å². The Balaban J connectivity index is 2.34. The van der Waals surface area contributed by atoms with Gasteiger partial charge < -0.3 is 15.1 Å². The Labute approximate surface area is 90.0 Å². The fourth-order valence-electron chi connectivity index (χ4n) is 1.45. The number of amides is 1. The van der Waals surface area contributed by atoms with Crippen LogP contribution in [-0.2, 0) is 4.79 Å². The minimum Gasteiger partial charge on any atom is -0.467 e. The molecule has 0 aliphatic carbocycles. The first kappa shape index (κ1) is 11.8. The molecule has 0 aliphatic heterocycles. The molecule has 0 saturated carbocycles. The Bertz CT molecular complexity index is 320. The van der Waals surface area contributed by atoms with Gasteiger partial charge in [-0.2, -0.15) is 0 Å². The highest BCUT2D eigenvalue weighted by atomic mass is 16.3. The summed E-state index contributed by atoms with van der Waals surface area (Å²) >= 11 is 0. The van der Waals surface area contributed by atoms with E-state index in [2.05, 4.69) is 10.6 Å². The van der Waals surface area contributed by atoms with Gasteiger partial charge in [0.2, 0.25) is 5.91 Å². The van der Waals surface area contributed by atoms with E-state index in [9.17, 15) is 4.79 Å². The Morgan fingerprint density at radius 1 is 1.60 bits per heavy atom. The molecule has 1 amide bonds. The molecular formula is C11H18N2O2. The second kappa shape index (κ2) is 5.56. The Hall–Kier alpha value is -1.29. The van der Waals surface area contributed by atoms with Crippen LogP contribution in [0.2, 0.25) is 0 Å². The first-order valence-corrected chi connectivity index (χ1v) is 5.13. The monoisotopic (exact) mass is 210 g/mol. The summed E-state index contributed by atoms with van der Waals surface area (Å²) < 4.78 is 5.35. The third kappa shape index (κ3) is 3.40. The van der Waals surface area contributed by atoms with Gasteiger partial charge in [0.25, 0.3) is 0 Å². The number of furan rings is 1. The van der Waals surface area contributed by atoms with Crippen molar-refractivity contribution in [2.24, 2.45) is 0 Å². The fourth-order valence-corrected chi connectivity index (χ4v) is 1.45. The number of hydrogen-bond donors (Lipinski definition) is 2. The predicted octanol–water partition coefficient (Wildman–Crippen LogP) is 1.37. The van der Waals surface area contributed by atoms with E-state index in [1.807, 2.05) is 19.9 Å². The number of nitrogens with one attached hydrogen (secondary N) is 2. The van der Waals surface area contributed by atoms with Crippen molar-refractivity contribution in [1.29, 1.82) is 0 Å². The van der Waals surface area contributed by atoms with Crippen LogP contribution in [0.1, 0.15) is 30.7 Å². The number of carbonyl (C=O) groups is 1. The molecule has 0 saturated heterocycles. The van der Waals surface area contributed by atoms with Crippen LogP contribution in [0.5, 0.6) is 0 Å². The topological polar surface area (TPSA) is 54.3 Å². The van der Waals surface area contributed by atoms with Crippen molar-refractivity contribution in [3.63, 3.8) is 0 Å². The molecular weight excluding hydrogens is 192 g/mol. The molecule has 0 bridgehead atoms. The zero-order valence-electron chi connectivity index (χ0n) is 9.46. The van der Waals surface area contributed by atoms with Gasteiger partial charge in [0, 0.05) is 20.0 Å². The molecule has 1 unspecified atom stereocenters. The molecule has 0 radical (unpaired) electrons. The van der Waals surface area contributed by atoms with Gasteiger partial charge in [0.15, 0.2) is 0 Å². The van der Waals surface area contributed by atoms with Crippen LogP contribution >= 0.6 is 0 Å². The molecule has 0 fully saturated rings. The van der Waals surface area contributed by atoms with Gasteiger partial charge in [0.1, 0.15) is 5.76 Å². The van der Waals surface area contributed by atoms with Gasteiger partial charge in [-0.3, -0.25) is 4.79 Å². The van der Waals surface area contributed by atoms with E-state index in [4.69, 9.17) is 4.42 Å². The van der Waals surface area contributed by atoms with Crippen molar-refractivity contribution < 1.29 is 9.21 Å². The molecule has 1 atom stereocenters. The normalized spacial score (nSPS) is 12.5. The van der Waals surface area contributed by atoms with E-state index < -0.39 is 0 Å². The van der Waals surface area contributed by atoms with Gasteiger partial charge in [-0.05, 0) is 25.5 Å². The van der Waals surface area contributed by atoms with Crippen molar-refractivity contribution in [2.45, 2.75) is 26.3 Å². The minimum atomic E-state index is 0.0471. The summed E-state index contributed by atoms with van der Waals surface area (Å²) in [5.74, 6) is 0.984. The zero-order valence-corrected chi connectivity index (χ0v) is 9.46. The highest BCUT2D eigenvalue weighted by Gasteiger charge is 2.11. The first-order chi connectivity index (χ1) is 7.15. The molecule has 1 heterocycles. The van der Waals surface area contributed by atoms with E-state index in [1.54, 1.807) is 13.3 Å². The summed E-state index contributed by atoms with van der Waals surface area (Å²) in [6.45, 7) is 4.69. The van der Waals surface area contributed by atoms with Crippen LogP contribution in [0.25, 0.3) is 0 Å². The van der Waals surface area contributed by atoms with Crippen molar-refractivity contribution in [3.8, 4) is 0 Å². The average molecular weight is 210 g/mol. The highest BCUT2D eigenvalue weighted by Crippen LogP contribution is 2.17. The van der Waals surface area contributed by atoms with Gasteiger partial charge in [-0.15, -0.1) is 0 Å². The molecule has 15 heavy (non-hydrogen) atoms. The summed E-state index contributed by atoms with van der Waals surface area (Å²) in [5, 5.41) is 5.82. The molecule has 0 spiro atoms. The van der Waals surface area contributed by atoms with Crippen LogP contribution in [-0.4, -0.2) is 19.5 Å². The molecule has 0 aromatic carbocycles. The maximum absolute atomic E-state index is 11.0. The van der Waals surface area contributed by atoms with Crippen molar-refractivity contribution >= 4 is 5.91 Å². The molecule has 0 aliphatic rings. The van der Waals surface area contributed by atoms with Crippen molar-refractivity contribution in [1.82, 2.24) is 10.6 Å². The molecule has 2 N–H and O–H groups in total. The maximum Gasteiger partial charge on any atom is 0.221 e. The fraction of sp³-hybridized carbons (Fsp3) is 0.545. The Morgan fingerprint density at radius 2 is 2.33 bits per heavy atom. The lowest BCUT2D eigenvalue weighted by molar-refractivity contribution is -0.120. The van der Waals surface area contributed by atoms with E-state index in [-0.39, 0.29) is 11.9 Å². The summed E-state index contributed by atoms with van der Waals surface area (Å²) in [4.78, 5) is 11.0. The summed E-state index contributed by atoms with van der Waals surface area (Å²) in [5.41, 5.74) is 1.13. The molecule has 1 rings (SSSR count). The summed E-state index contributed by atoms with van der Waals surface area (Å²) in [6, 6.07) is 2.08. The lowest BCUT2D eigenvalue weighted by Crippen LogP contribution is -2.26. The van der Waals surface area contributed by atoms with E-state index in [1.165, 1.54) is 0 Å². The third-order valence-corrected chi connectivity index (χ3v) is 2.38. The van der Waals surface area contributed by atoms with Crippen LogP contribution in [0.4, 0.5) is 0 Å². The Morgan fingerprint density at radius 3 is 2.87 bits per heavy atom. The van der Waals surface area contributed by atoms with Gasteiger partial charge in [-0.25, -0.2) is 0 Å². The lowest BCUT2D eigenvalue weighted by Gasteiger charge is -2.11. The van der Waals surface area contributed by atoms with Gasteiger partial charge >= 0.3 is 0 Å². The van der Waals surface area contributed by atoms with Gasteiger partial charge in [0.05, 0.1) is 12.3 Å². The maximum atomic E-state index is 11.0. The van der Waals surface area contributed by atoms with Crippen LogP contribution in [0.15, 0.2) is 16.7 Å². The number of carbonyl (C=O) groups excluding carboxylic acids is 1. The second-order valence-corrected chi connectivity index (χ2v) is 3.57. The molecule has 4 nitrogen and oxygen atoms in total. The third-order valence-electron chi connectivity index (χ3n) is 2.38. The van der Waals surface area contributed by atoms with Crippen LogP contribution < -0.4 is 10.6 Å². The zero-order chi connectivity index (χ0) is 11.3. The van der Waals surface area contributed by atoms with E-state index in [0.717, 1.165) is 11.3 Å². The Kier molecular flexibility index (Phi) is 4.37. The number of aryl methyl sites for hydroxylation is 1. The molecule has 1 aromatic rings. The molecule has 4 heteroatoms. The lowest BCUT2D eigenvalue weighted by atomic mass is 10.2. The predicted molar refractivity (Wildman–Crippen MR) is 58.5 cm³/mol. The van der Waals surface area contributed by atoms with Crippen molar-refractivity contribution in [2.75, 3.05) is 13.6 Å². The SMILES string of the molecule is CNC(=O)CCNC(C)c1occc1C. The minimum absolute atomic E-state index is 0.0471. The smallest absolute Gasteiger partial charge is 0.221 e. The second-order valence-electron chi connectivity index (χ2n) is 3.57. The quantitative estimate of drug-likeness (QED) is 0.772. The van der Waals surface area contributed by atoms with E-state index >= 15 is 0 Å². The average Bonchev–Trinajstić information content (AvgIpc) is 2.64. The van der Waals surface area contributed by atoms with E-state index in [0.29, 0.717) is 13.0 Å². The van der Waals surface area contributed by atoms with Gasteiger partial charge in [-0.1, -0.05) is 0 Å². The summed E-state index contributed by atoms with van der Waals surface area (Å²) in [7, 11) is 1.64. The molecule has 84 valence electrons. The molecule has 1 aromatic heterocycles. The van der Waals surface area contributed by atoms with Crippen molar-refractivity contribution in [3.05, 3.63) is 23.7 Å². The largest absolute Gasteiger partial charge is 0.467 e. The highest BCUT2D eigenvalue weighted by molar-refractivity contribution is 5.75. The summed E-state index contributed by atoms with van der Waals surface area (Å²) in [6.07, 6.45) is 2.17.